The van der Waals surface area contributed by atoms with Gasteiger partial charge in [-0.2, -0.15) is 10.4 Å². The molecule has 5 rings (SSSR count). The highest BCUT2D eigenvalue weighted by Crippen LogP contribution is 2.31. The van der Waals surface area contributed by atoms with E-state index >= 15 is 0 Å². The summed E-state index contributed by atoms with van der Waals surface area (Å²) in [7, 11) is 0. The van der Waals surface area contributed by atoms with Gasteiger partial charge in [0.05, 0.1) is 23.5 Å². The maximum atomic E-state index is 11.7. The zero-order valence-electron chi connectivity index (χ0n) is 19.6. The number of anilines is 1. The lowest BCUT2D eigenvalue weighted by atomic mass is 10.1. The monoisotopic (exact) mass is 469 g/mol. The van der Waals surface area contributed by atoms with E-state index in [1.54, 1.807) is 15.6 Å². The summed E-state index contributed by atoms with van der Waals surface area (Å²) in [5.74, 6) is 3.45. The number of fused-ring (bicyclic) bond motifs is 1. The van der Waals surface area contributed by atoms with Crippen molar-refractivity contribution in [2.75, 3.05) is 57.3 Å². The molecule has 9 nitrogen and oxygen atoms in total. The molecule has 0 aromatic carbocycles. The van der Waals surface area contributed by atoms with Gasteiger partial charge in [0.25, 0.3) is 5.91 Å². The van der Waals surface area contributed by atoms with Crippen molar-refractivity contribution in [2.45, 2.75) is 12.8 Å². The first kappa shape index (κ1) is 22.7. The Bertz CT molecular complexity index is 1290. The molecular formula is C26H27N7O2. The molecule has 0 radical (unpaired) electrons. The van der Waals surface area contributed by atoms with Crippen molar-refractivity contribution in [2.24, 2.45) is 0 Å². The van der Waals surface area contributed by atoms with Crippen LogP contribution in [0, 0.1) is 23.7 Å². The molecule has 2 fully saturated rings. The zero-order chi connectivity index (χ0) is 24.2. The van der Waals surface area contributed by atoms with E-state index in [1.807, 2.05) is 30.6 Å². The summed E-state index contributed by atoms with van der Waals surface area (Å²) in [6.07, 6.45) is 12.9. The maximum absolute atomic E-state index is 11.7. The standard InChI is InChI=1S/C26H27N7O2/c1-2-25(34)32-11-9-31(10-12-32)24-6-5-20(17-28-24)23-15-22(35-14-13-30-7-3-4-8-30)19-33-26(23)21(16-27)18-29-33/h1,5-6,15,17-19H,3-4,7-14H2. The smallest absolute Gasteiger partial charge is 0.298 e. The summed E-state index contributed by atoms with van der Waals surface area (Å²) >= 11 is 0. The molecule has 2 aliphatic heterocycles. The summed E-state index contributed by atoms with van der Waals surface area (Å²) in [4.78, 5) is 22.6. The molecule has 2 aliphatic rings. The summed E-state index contributed by atoms with van der Waals surface area (Å²) in [5, 5.41) is 14.0. The number of carbonyl (C=O) groups is 1. The zero-order valence-corrected chi connectivity index (χ0v) is 19.6. The summed E-state index contributed by atoms with van der Waals surface area (Å²) in [6, 6.07) is 8.16. The van der Waals surface area contributed by atoms with Crippen molar-refractivity contribution in [3.63, 3.8) is 0 Å². The number of piperazine rings is 1. The van der Waals surface area contributed by atoms with E-state index in [2.05, 4.69) is 31.9 Å². The van der Waals surface area contributed by atoms with Gasteiger partial charge >= 0.3 is 0 Å². The third-order valence-electron chi connectivity index (χ3n) is 6.66. The van der Waals surface area contributed by atoms with Crippen molar-refractivity contribution in [3.8, 4) is 35.3 Å². The number of carbonyl (C=O) groups excluding carboxylic acids is 1. The van der Waals surface area contributed by atoms with Crippen LogP contribution in [0.2, 0.25) is 0 Å². The van der Waals surface area contributed by atoms with Crippen molar-refractivity contribution in [1.29, 1.82) is 5.26 Å². The van der Waals surface area contributed by atoms with Crippen molar-refractivity contribution < 1.29 is 9.53 Å². The molecular weight excluding hydrogens is 442 g/mol. The predicted molar refractivity (Wildman–Crippen MR) is 132 cm³/mol. The van der Waals surface area contributed by atoms with E-state index in [4.69, 9.17) is 11.2 Å². The average molecular weight is 470 g/mol. The van der Waals surface area contributed by atoms with Crippen LogP contribution in [0.1, 0.15) is 18.4 Å². The number of nitrogens with zero attached hydrogens (tertiary/aromatic N) is 7. The van der Waals surface area contributed by atoms with Gasteiger partial charge < -0.3 is 14.5 Å². The van der Waals surface area contributed by atoms with Crippen LogP contribution in [0.15, 0.2) is 36.8 Å². The molecule has 35 heavy (non-hydrogen) atoms. The number of pyridine rings is 2. The SMILES string of the molecule is C#CC(=O)N1CCN(c2ccc(-c3cc(OCCN4CCCC4)cn4ncc(C#N)c34)cn2)CC1. The van der Waals surface area contributed by atoms with Crippen molar-refractivity contribution in [1.82, 2.24) is 24.4 Å². The van der Waals surface area contributed by atoms with Gasteiger partial charge in [0.2, 0.25) is 0 Å². The van der Waals surface area contributed by atoms with Crippen LogP contribution in [-0.2, 0) is 4.79 Å². The molecule has 0 saturated carbocycles. The van der Waals surface area contributed by atoms with Crippen LogP contribution >= 0.6 is 0 Å². The van der Waals surface area contributed by atoms with E-state index in [-0.39, 0.29) is 5.91 Å². The third kappa shape index (κ3) is 4.77. The van der Waals surface area contributed by atoms with E-state index in [0.29, 0.717) is 44.1 Å². The highest BCUT2D eigenvalue weighted by molar-refractivity contribution is 5.93. The largest absolute Gasteiger partial charge is 0.491 e. The number of amides is 1. The molecule has 9 heteroatoms. The fourth-order valence-electron chi connectivity index (χ4n) is 4.74. The lowest BCUT2D eigenvalue weighted by molar-refractivity contribution is -0.125. The van der Waals surface area contributed by atoms with Gasteiger partial charge in [-0.1, -0.05) is 0 Å². The van der Waals surface area contributed by atoms with Gasteiger partial charge in [-0.25, -0.2) is 9.50 Å². The molecule has 0 N–H and O–H groups in total. The van der Waals surface area contributed by atoms with Crippen LogP contribution in [0.25, 0.3) is 16.6 Å². The minimum atomic E-state index is -0.270. The molecule has 5 heterocycles. The quantitative estimate of drug-likeness (QED) is 0.510. The number of nitriles is 1. The van der Waals surface area contributed by atoms with Crippen LogP contribution < -0.4 is 9.64 Å². The lowest BCUT2D eigenvalue weighted by Crippen LogP contribution is -2.48. The second kappa shape index (κ2) is 10.0. The lowest BCUT2D eigenvalue weighted by Gasteiger charge is -2.34. The van der Waals surface area contributed by atoms with Gasteiger partial charge in [-0.3, -0.25) is 9.69 Å². The maximum Gasteiger partial charge on any atom is 0.298 e. The van der Waals surface area contributed by atoms with Gasteiger partial charge in [0, 0.05) is 50.0 Å². The minimum Gasteiger partial charge on any atom is -0.491 e. The number of ether oxygens (including phenoxy) is 1. The second-order valence-electron chi connectivity index (χ2n) is 8.78. The Labute approximate surface area is 204 Å². The summed E-state index contributed by atoms with van der Waals surface area (Å²) in [6.45, 7) is 6.25. The summed E-state index contributed by atoms with van der Waals surface area (Å²) in [5.41, 5.74) is 2.96. The molecule has 0 bridgehead atoms. The highest BCUT2D eigenvalue weighted by Gasteiger charge is 2.21. The van der Waals surface area contributed by atoms with Gasteiger partial charge in [-0.15, -0.1) is 6.42 Å². The normalized spacial score (nSPS) is 16.3. The number of aromatic nitrogens is 3. The van der Waals surface area contributed by atoms with Gasteiger partial charge in [0.15, 0.2) is 0 Å². The Morgan fingerprint density at radius 1 is 1.11 bits per heavy atom. The Kier molecular flexibility index (Phi) is 6.51. The second-order valence-corrected chi connectivity index (χ2v) is 8.78. The molecule has 2 saturated heterocycles. The van der Waals surface area contributed by atoms with E-state index < -0.39 is 0 Å². The summed E-state index contributed by atoms with van der Waals surface area (Å²) < 4.78 is 7.78. The Morgan fingerprint density at radius 2 is 1.91 bits per heavy atom. The molecule has 0 unspecified atom stereocenters. The molecule has 0 aliphatic carbocycles. The van der Waals surface area contributed by atoms with E-state index in [0.717, 1.165) is 42.1 Å². The van der Waals surface area contributed by atoms with Gasteiger partial charge in [0.1, 0.15) is 24.2 Å². The first-order valence-corrected chi connectivity index (χ1v) is 11.9. The molecule has 0 atom stereocenters. The molecule has 178 valence electrons. The molecule has 0 spiro atoms. The molecule has 3 aromatic heterocycles. The van der Waals surface area contributed by atoms with Crippen LogP contribution in [0.3, 0.4) is 0 Å². The fourth-order valence-corrected chi connectivity index (χ4v) is 4.74. The minimum absolute atomic E-state index is 0.270. The third-order valence-corrected chi connectivity index (χ3v) is 6.66. The van der Waals surface area contributed by atoms with Crippen molar-refractivity contribution >= 4 is 17.2 Å². The first-order chi connectivity index (χ1) is 17.2. The predicted octanol–water partition coefficient (Wildman–Crippen LogP) is 2.02. The van der Waals surface area contributed by atoms with Crippen molar-refractivity contribution in [3.05, 3.63) is 42.4 Å². The highest BCUT2D eigenvalue weighted by atomic mass is 16.5. The Morgan fingerprint density at radius 3 is 2.60 bits per heavy atom. The van der Waals surface area contributed by atoms with Gasteiger partial charge in [-0.05, 0) is 50.1 Å². The number of likely N-dealkylation sites (tertiary alicyclic amines) is 1. The van der Waals surface area contributed by atoms with Crippen LogP contribution in [0.4, 0.5) is 5.82 Å². The number of hydrogen-bond donors (Lipinski definition) is 0. The number of rotatable bonds is 6. The Balaban J connectivity index is 1.36. The topological polar surface area (TPSA) is 90.0 Å². The number of hydrogen-bond acceptors (Lipinski definition) is 7. The van der Waals surface area contributed by atoms with E-state index in [1.165, 1.54) is 12.8 Å². The fraction of sp³-hybridized carbons (Fsp3) is 0.385. The number of terminal acetylenes is 1. The average Bonchev–Trinajstić information content (AvgIpc) is 3.58. The van der Waals surface area contributed by atoms with E-state index in [9.17, 15) is 10.1 Å². The van der Waals surface area contributed by atoms with Crippen LogP contribution in [0.5, 0.6) is 5.75 Å². The molecule has 1 amide bonds. The molecule has 3 aromatic rings. The first-order valence-electron chi connectivity index (χ1n) is 11.9. The van der Waals surface area contributed by atoms with Crippen LogP contribution in [-0.4, -0.2) is 82.7 Å². The Hall–Kier alpha value is -4.08.